The summed E-state index contributed by atoms with van der Waals surface area (Å²) in [5.74, 6) is -0.110. The maximum Gasteiger partial charge on any atom is 0.331 e. The number of thioether (sulfide) groups is 1. The van der Waals surface area contributed by atoms with Crippen LogP contribution in [-0.4, -0.2) is 39.7 Å². The summed E-state index contributed by atoms with van der Waals surface area (Å²) < 4.78 is 11.7. The summed E-state index contributed by atoms with van der Waals surface area (Å²) in [7, 11) is 2.89. The van der Waals surface area contributed by atoms with Crippen molar-refractivity contribution in [1.82, 2.24) is 9.55 Å². The first kappa shape index (κ1) is 23.2. The van der Waals surface area contributed by atoms with Crippen LogP contribution in [0, 0.1) is 0 Å². The second kappa shape index (κ2) is 9.52. The van der Waals surface area contributed by atoms with Crippen molar-refractivity contribution in [2.45, 2.75) is 23.1 Å². The average Bonchev–Trinajstić information content (AvgIpc) is 3.01. The highest BCUT2D eigenvalue weighted by molar-refractivity contribution is 7.99. The smallest absolute Gasteiger partial charge is 0.331 e. The first-order chi connectivity index (χ1) is 16.4. The number of hydrogen-bond donors (Lipinski definition) is 3. The van der Waals surface area contributed by atoms with Gasteiger partial charge in [0, 0.05) is 23.1 Å². The number of phenols is 1. The zero-order chi connectivity index (χ0) is 24.4. The molecule has 0 amide bonds. The predicted octanol–water partition coefficient (Wildman–Crippen LogP) is 3.51. The molecule has 0 unspecified atom stereocenters. The zero-order valence-corrected chi connectivity index (χ0v) is 19.4. The third kappa shape index (κ3) is 4.19. The molecule has 0 saturated heterocycles. The number of para-hydroxylation sites is 1. The number of rotatable bonds is 6. The third-order valence-corrected chi connectivity index (χ3v) is 6.74. The number of phenolic OH excluding ortho intramolecular Hbond substituents is 1. The van der Waals surface area contributed by atoms with Crippen LogP contribution in [0.4, 0.5) is 5.69 Å². The van der Waals surface area contributed by atoms with Crippen LogP contribution in [0.2, 0.25) is 0 Å². The van der Waals surface area contributed by atoms with Crippen molar-refractivity contribution >= 4 is 23.2 Å². The van der Waals surface area contributed by atoms with Crippen LogP contribution >= 0.6 is 11.8 Å². The van der Waals surface area contributed by atoms with E-state index in [0.717, 1.165) is 15.0 Å². The number of fused-ring (bicyclic) bond motifs is 1. The van der Waals surface area contributed by atoms with Crippen molar-refractivity contribution < 1.29 is 19.7 Å². The molecule has 2 aromatic carbocycles. The van der Waals surface area contributed by atoms with Crippen molar-refractivity contribution in [1.29, 1.82) is 0 Å². The fraction of sp³-hybridized carbons (Fsp3) is 0.208. The van der Waals surface area contributed by atoms with Gasteiger partial charge < -0.3 is 19.7 Å². The summed E-state index contributed by atoms with van der Waals surface area (Å²) in [5.41, 5.74) is 0.149. The summed E-state index contributed by atoms with van der Waals surface area (Å²) in [6, 6.07) is 10.8. The molecule has 10 heteroatoms. The molecule has 0 radical (unpaired) electrons. The van der Waals surface area contributed by atoms with E-state index in [1.54, 1.807) is 12.1 Å². The Kier molecular flexibility index (Phi) is 6.51. The second-order valence-corrected chi connectivity index (χ2v) is 8.71. The topological polar surface area (TPSA) is 126 Å². The molecule has 3 aromatic rings. The number of H-pyrrole nitrogens is 1. The number of hydrogen-bond acceptors (Lipinski definition) is 8. The van der Waals surface area contributed by atoms with Crippen molar-refractivity contribution in [3.05, 3.63) is 81.0 Å². The molecule has 3 N–H and O–H groups in total. The lowest BCUT2D eigenvalue weighted by atomic mass is 10.0. The van der Waals surface area contributed by atoms with Gasteiger partial charge in [-0.15, -0.1) is 18.3 Å². The molecule has 2 heterocycles. The maximum absolute atomic E-state index is 12.8. The molecule has 1 aliphatic rings. The average molecular weight is 482 g/mol. The SMILES string of the molecule is C=CCn1c(O)c(C2=Nc3ccccc3S[C@@H](c3cc(OC)c(O)c(OC)c3)C2)c(=O)[nH]c1=O. The molecule has 34 heavy (non-hydrogen) atoms. The van der Waals surface area contributed by atoms with E-state index in [-0.39, 0.29) is 41.0 Å². The van der Waals surface area contributed by atoms with Gasteiger partial charge in [0.25, 0.3) is 5.56 Å². The normalized spacial score (nSPS) is 15.1. The summed E-state index contributed by atoms with van der Waals surface area (Å²) in [6.45, 7) is 3.62. The van der Waals surface area contributed by atoms with Gasteiger partial charge in [-0.2, -0.15) is 0 Å². The van der Waals surface area contributed by atoms with E-state index in [9.17, 15) is 19.8 Å². The van der Waals surface area contributed by atoms with Gasteiger partial charge in [0.1, 0.15) is 5.56 Å². The molecule has 0 aliphatic carbocycles. The maximum atomic E-state index is 12.8. The molecule has 4 rings (SSSR count). The van der Waals surface area contributed by atoms with Gasteiger partial charge >= 0.3 is 5.69 Å². The van der Waals surface area contributed by atoms with E-state index in [1.807, 2.05) is 24.3 Å². The number of nitrogens with zero attached hydrogens (tertiary/aromatic N) is 2. The van der Waals surface area contributed by atoms with Crippen LogP contribution in [-0.2, 0) is 6.54 Å². The van der Waals surface area contributed by atoms with Gasteiger partial charge in [0.2, 0.25) is 11.6 Å². The Morgan fingerprint density at radius 3 is 2.53 bits per heavy atom. The Hall–Kier alpha value is -3.92. The summed E-state index contributed by atoms with van der Waals surface area (Å²) >= 11 is 1.52. The predicted molar refractivity (Wildman–Crippen MR) is 130 cm³/mol. The standard InChI is InChI=1S/C24H23N3O6S/c1-4-9-27-23(30)20(22(29)26-24(27)31)15-12-19(34-18-8-6-5-7-14(18)25-15)13-10-16(32-2)21(28)17(11-13)33-3/h4-8,10-11,19,28,30H,1,9,12H2,2-3H3,(H,26,29,31)/t19-/m1/s1. The highest BCUT2D eigenvalue weighted by atomic mass is 32.2. The van der Waals surface area contributed by atoms with Crippen LogP contribution in [0.25, 0.3) is 0 Å². The summed E-state index contributed by atoms with van der Waals surface area (Å²) in [6.07, 6.45) is 1.68. The lowest BCUT2D eigenvalue weighted by Gasteiger charge is -2.19. The number of aliphatic imine (C=N–C) groups is 1. The van der Waals surface area contributed by atoms with E-state index in [2.05, 4.69) is 11.6 Å². The lowest BCUT2D eigenvalue weighted by Crippen LogP contribution is -2.34. The van der Waals surface area contributed by atoms with Crippen molar-refractivity contribution in [2.24, 2.45) is 4.99 Å². The highest BCUT2D eigenvalue weighted by Crippen LogP contribution is 2.48. The zero-order valence-electron chi connectivity index (χ0n) is 18.6. The third-order valence-electron chi connectivity index (χ3n) is 5.41. The van der Waals surface area contributed by atoms with Gasteiger partial charge in [-0.05, 0) is 29.8 Å². The number of allylic oxidation sites excluding steroid dienone is 1. The van der Waals surface area contributed by atoms with E-state index in [0.29, 0.717) is 11.4 Å². The van der Waals surface area contributed by atoms with Crippen molar-refractivity contribution in [3.63, 3.8) is 0 Å². The molecule has 176 valence electrons. The van der Waals surface area contributed by atoms with Crippen LogP contribution in [0.5, 0.6) is 23.1 Å². The number of ether oxygens (including phenoxy) is 2. The van der Waals surface area contributed by atoms with Crippen LogP contribution in [0.1, 0.15) is 22.8 Å². The van der Waals surface area contributed by atoms with Crippen molar-refractivity contribution in [3.8, 4) is 23.1 Å². The number of nitrogens with one attached hydrogen (secondary N) is 1. The fourth-order valence-electron chi connectivity index (χ4n) is 3.77. The largest absolute Gasteiger partial charge is 0.502 e. The molecular weight excluding hydrogens is 458 g/mol. The van der Waals surface area contributed by atoms with Gasteiger partial charge in [0.15, 0.2) is 11.5 Å². The van der Waals surface area contributed by atoms with Crippen LogP contribution in [0.15, 0.2) is 68.5 Å². The number of methoxy groups -OCH3 is 2. The lowest BCUT2D eigenvalue weighted by molar-refractivity contribution is 0.339. The van der Waals surface area contributed by atoms with E-state index >= 15 is 0 Å². The molecule has 0 bridgehead atoms. The Morgan fingerprint density at radius 1 is 1.21 bits per heavy atom. The molecule has 9 nitrogen and oxygen atoms in total. The molecule has 0 spiro atoms. The van der Waals surface area contributed by atoms with E-state index < -0.39 is 17.1 Å². The van der Waals surface area contributed by atoms with Gasteiger partial charge in [-0.25, -0.2) is 4.79 Å². The minimum Gasteiger partial charge on any atom is -0.502 e. The molecule has 1 aromatic heterocycles. The minimum atomic E-state index is -0.736. The number of aromatic nitrogens is 2. The molecule has 0 fully saturated rings. The number of aromatic hydroxyl groups is 2. The monoisotopic (exact) mass is 481 g/mol. The molecule has 0 saturated carbocycles. The Morgan fingerprint density at radius 2 is 1.88 bits per heavy atom. The Bertz CT molecular complexity index is 1380. The molecule has 1 aliphatic heterocycles. The Labute approximate surface area is 199 Å². The minimum absolute atomic E-state index is 0.0167. The van der Waals surface area contributed by atoms with Crippen molar-refractivity contribution in [2.75, 3.05) is 14.2 Å². The van der Waals surface area contributed by atoms with E-state index in [1.165, 1.54) is 32.1 Å². The first-order valence-electron chi connectivity index (χ1n) is 10.3. The summed E-state index contributed by atoms with van der Waals surface area (Å²) in [5, 5.41) is 20.9. The highest BCUT2D eigenvalue weighted by Gasteiger charge is 2.28. The second-order valence-electron chi connectivity index (χ2n) is 7.47. The quantitative estimate of drug-likeness (QED) is 0.460. The number of aromatic amines is 1. The van der Waals surface area contributed by atoms with Crippen LogP contribution in [0.3, 0.4) is 0 Å². The molecule has 1 atom stereocenters. The van der Waals surface area contributed by atoms with E-state index in [4.69, 9.17) is 14.5 Å². The van der Waals surface area contributed by atoms with Gasteiger partial charge in [-0.3, -0.25) is 19.3 Å². The van der Waals surface area contributed by atoms with Gasteiger partial charge in [0.05, 0.1) is 25.6 Å². The molecular formula is C24H23N3O6S. The fourth-order valence-corrected chi connectivity index (χ4v) is 4.98. The first-order valence-corrected chi connectivity index (χ1v) is 11.2. The van der Waals surface area contributed by atoms with Gasteiger partial charge in [-0.1, -0.05) is 18.2 Å². The van der Waals surface area contributed by atoms with Crippen LogP contribution < -0.4 is 20.7 Å². The Balaban J connectivity index is 1.92. The number of benzene rings is 2. The summed E-state index contributed by atoms with van der Waals surface area (Å²) in [4.78, 5) is 32.9.